The Bertz CT molecular complexity index is 505. The normalized spacial score (nSPS) is 10.3. The molecule has 0 fully saturated rings. The van der Waals surface area contributed by atoms with Gasteiger partial charge < -0.3 is 9.84 Å². The minimum Gasteiger partial charge on any atom is -0.460 e. The van der Waals surface area contributed by atoms with Crippen LogP contribution in [-0.2, 0) is 4.74 Å². The van der Waals surface area contributed by atoms with Gasteiger partial charge in [0.2, 0.25) is 0 Å². The van der Waals surface area contributed by atoms with E-state index in [0.717, 1.165) is 10.8 Å². The fraction of sp³-hybridized carbons (Fsp3) is 0.154. The summed E-state index contributed by atoms with van der Waals surface area (Å²) in [6.45, 7) is -0.120. The number of carbonyl (C=O) groups excluding carboxylic acids is 1. The quantitative estimate of drug-likeness (QED) is 0.798. The Morgan fingerprint density at radius 1 is 1.12 bits per heavy atom. The van der Waals surface area contributed by atoms with Gasteiger partial charge in [0, 0.05) is 0 Å². The standard InChI is InChI=1S/C13H12O3/c14-7-8-16-13(15)12-6-5-10-3-1-2-4-11(10)9-12/h1-6,9,14H,7-8H2. The molecule has 0 aromatic heterocycles. The van der Waals surface area contributed by atoms with Crippen LogP contribution in [0.1, 0.15) is 10.4 Å². The van der Waals surface area contributed by atoms with E-state index >= 15 is 0 Å². The molecule has 2 aromatic carbocycles. The molecule has 2 aromatic rings. The maximum absolute atomic E-state index is 11.5. The lowest BCUT2D eigenvalue weighted by Gasteiger charge is -2.04. The number of ether oxygens (including phenoxy) is 1. The monoisotopic (exact) mass is 216 g/mol. The Hall–Kier alpha value is -1.87. The highest BCUT2D eigenvalue weighted by Crippen LogP contribution is 2.16. The number of aliphatic hydroxyl groups excluding tert-OH is 1. The number of esters is 1. The highest BCUT2D eigenvalue weighted by Gasteiger charge is 2.06. The molecule has 0 bridgehead atoms. The van der Waals surface area contributed by atoms with Gasteiger partial charge in [0.15, 0.2) is 0 Å². The van der Waals surface area contributed by atoms with Crippen molar-refractivity contribution in [3.8, 4) is 0 Å². The maximum atomic E-state index is 11.5. The lowest BCUT2D eigenvalue weighted by atomic mass is 10.1. The van der Waals surface area contributed by atoms with Crippen molar-refractivity contribution in [3.05, 3.63) is 48.0 Å². The lowest BCUT2D eigenvalue weighted by Crippen LogP contribution is -2.08. The van der Waals surface area contributed by atoms with Gasteiger partial charge in [0.25, 0.3) is 0 Å². The summed E-state index contributed by atoms with van der Waals surface area (Å²) in [4.78, 5) is 11.5. The molecule has 2 rings (SSSR count). The summed E-state index contributed by atoms with van der Waals surface area (Å²) in [6, 6.07) is 13.2. The summed E-state index contributed by atoms with van der Waals surface area (Å²) in [5, 5.41) is 10.6. The van der Waals surface area contributed by atoms with Gasteiger partial charge >= 0.3 is 5.97 Å². The van der Waals surface area contributed by atoms with Gasteiger partial charge in [-0.2, -0.15) is 0 Å². The summed E-state index contributed by atoms with van der Waals surface area (Å²) in [5.41, 5.74) is 0.507. The molecule has 0 unspecified atom stereocenters. The van der Waals surface area contributed by atoms with E-state index in [0.29, 0.717) is 5.56 Å². The molecule has 0 aliphatic rings. The molecule has 16 heavy (non-hydrogen) atoms. The van der Waals surface area contributed by atoms with Crippen LogP contribution in [-0.4, -0.2) is 24.3 Å². The first-order valence-corrected chi connectivity index (χ1v) is 5.08. The van der Waals surface area contributed by atoms with E-state index in [1.807, 2.05) is 30.3 Å². The second-order valence-electron chi connectivity index (χ2n) is 3.42. The third kappa shape index (κ3) is 2.20. The van der Waals surface area contributed by atoms with Gasteiger partial charge in [-0.3, -0.25) is 0 Å². The van der Waals surface area contributed by atoms with Crippen molar-refractivity contribution in [2.45, 2.75) is 0 Å². The van der Waals surface area contributed by atoms with Gasteiger partial charge in [0.1, 0.15) is 6.61 Å². The Labute approximate surface area is 93.3 Å². The van der Waals surface area contributed by atoms with Crippen LogP contribution < -0.4 is 0 Å². The molecule has 0 amide bonds. The molecule has 0 saturated heterocycles. The van der Waals surface area contributed by atoms with E-state index in [2.05, 4.69) is 0 Å². The first-order valence-electron chi connectivity index (χ1n) is 5.08. The summed E-state index contributed by atoms with van der Waals surface area (Å²) in [6.07, 6.45) is 0. The Morgan fingerprint density at radius 2 is 1.88 bits per heavy atom. The van der Waals surface area contributed by atoms with E-state index in [4.69, 9.17) is 9.84 Å². The van der Waals surface area contributed by atoms with Gasteiger partial charge in [-0.1, -0.05) is 30.3 Å². The van der Waals surface area contributed by atoms with Crippen LogP contribution in [0.25, 0.3) is 10.8 Å². The number of carbonyl (C=O) groups is 1. The van der Waals surface area contributed by atoms with Gasteiger partial charge in [-0.15, -0.1) is 0 Å². The van der Waals surface area contributed by atoms with Gasteiger partial charge in [-0.05, 0) is 22.9 Å². The largest absolute Gasteiger partial charge is 0.460 e. The molecule has 0 aliphatic carbocycles. The first-order chi connectivity index (χ1) is 7.81. The zero-order chi connectivity index (χ0) is 11.4. The number of fused-ring (bicyclic) bond motifs is 1. The Balaban J connectivity index is 2.28. The number of hydrogen-bond acceptors (Lipinski definition) is 3. The van der Waals surface area contributed by atoms with Crippen LogP contribution in [0.5, 0.6) is 0 Å². The van der Waals surface area contributed by atoms with Crippen molar-refractivity contribution in [1.82, 2.24) is 0 Å². The van der Waals surface area contributed by atoms with Crippen molar-refractivity contribution in [3.63, 3.8) is 0 Å². The predicted molar refractivity (Wildman–Crippen MR) is 61.3 cm³/mol. The second-order valence-corrected chi connectivity index (χ2v) is 3.42. The van der Waals surface area contributed by atoms with Crippen molar-refractivity contribution in [1.29, 1.82) is 0 Å². The molecule has 0 aliphatic heterocycles. The smallest absolute Gasteiger partial charge is 0.338 e. The minimum atomic E-state index is -0.403. The van der Waals surface area contributed by atoms with Crippen molar-refractivity contribution < 1.29 is 14.6 Å². The number of aliphatic hydroxyl groups is 1. The minimum absolute atomic E-state index is 0.0334. The van der Waals surface area contributed by atoms with Crippen LogP contribution in [0.3, 0.4) is 0 Å². The number of rotatable bonds is 3. The molecule has 0 radical (unpaired) electrons. The lowest BCUT2D eigenvalue weighted by molar-refractivity contribution is 0.0434. The van der Waals surface area contributed by atoms with E-state index in [9.17, 15) is 4.79 Å². The highest BCUT2D eigenvalue weighted by molar-refractivity contribution is 5.95. The maximum Gasteiger partial charge on any atom is 0.338 e. The van der Waals surface area contributed by atoms with E-state index in [1.54, 1.807) is 12.1 Å². The van der Waals surface area contributed by atoms with Gasteiger partial charge in [0.05, 0.1) is 12.2 Å². The van der Waals surface area contributed by atoms with Crippen molar-refractivity contribution in [2.75, 3.05) is 13.2 Å². The van der Waals surface area contributed by atoms with E-state index in [-0.39, 0.29) is 13.2 Å². The highest BCUT2D eigenvalue weighted by atomic mass is 16.5. The van der Waals surface area contributed by atoms with Gasteiger partial charge in [-0.25, -0.2) is 4.79 Å². The molecule has 3 heteroatoms. The predicted octanol–water partition coefficient (Wildman–Crippen LogP) is 1.99. The first kappa shape index (κ1) is 10.6. The molecule has 3 nitrogen and oxygen atoms in total. The third-order valence-electron chi connectivity index (χ3n) is 2.31. The molecular formula is C13H12O3. The third-order valence-corrected chi connectivity index (χ3v) is 2.31. The van der Waals surface area contributed by atoms with Crippen LogP contribution in [0.4, 0.5) is 0 Å². The zero-order valence-electron chi connectivity index (χ0n) is 8.72. The Kier molecular flexibility index (Phi) is 3.17. The summed E-state index contributed by atoms with van der Waals surface area (Å²) < 4.78 is 4.84. The average Bonchev–Trinajstić information content (AvgIpc) is 2.35. The second kappa shape index (κ2) is 4.77. The van der Waals surface area contributed by atoms with Crippen molar-refractivity contribution in [2.24, 2.45) is 0 Å². The number of hydrogen-bond donors (Lipinski definition) is 1. The molecule has 0 saturated carbocycles. The SMILES string of the molecule is O=C(OCCO)c1ccc2ccccc2c1. The summed E-state index contributed by atoms with van der Waals surface area (Å²) in [5.74, 6) is -0.403. The Morgan fingerprint density at radius 3 is 2.62 bits per heavy atom. The van der Waals surface area contributed by atoms with Crippen LogP contribution in [0, 0.1) is 0 Å². The summed E-state index contributed by atoms with van der Waals surface area (Å²) >= 11 is 0. The van der Waals surface area contributed by atoms with Crippen LogP contribution in [0.15, 0.2) is 42.5 Å². The topological polar surface area (TPSA) is 46.5 Å². The zero-order valence-corrected chi connectivity index (χ0v) is 8.72. The average molecular weight is 216 g/mol. The molecule has 0 heterocycles. The van der Waals surface area contributed by atoms with Crippen LogP contribution in [0.2, 0.25) is 0 Å². The van der Waals surface area contributed by atoms with Crippen LogP contribution >= 0.6 is 0 Å². The molecule has 82 valence electrons. The number of benzene rings is 2. The molecule has 0 atom stereocenters. The fourth-order valence-corrected chi connectivity index (χ4v) is 1.54. The molecular weight excluding hydrogens is 204 g/mol. The molecule has 1 N–H and O–H groups in total. The van der Waals surface area contributed by atoms with E-state index < -0.39 is 5.97 Å². The fourth-order valence-electron chi connectivity index (χ4n) is 1.54. The summed E-state index contributed by atoms with van der Waals surface area (Å²) in [7, 11) is 0. The van der Waals surface area contributed by atoms with E-state index in [1.165, 1.54) is 0 Å². The van der Waals surface area contributed by atoms with Crippen molar-refractivity contribution >= 4 is 16.7 Å². The molecule has 0 spiro atoms.